The number of aromatic nitrogens is 2. The molecule has 118 valence electrons. The van der Waals surface area contributed by atoms with Gasteiger partial charge in [-0.2, -0.15) is 4.37 Å². The van der Waals surface area contributed by atoms with Crippen molar-refractivity contribution in [3.63, 3.8) is 0 Å². The zero-order chi connectivity index (χ0) is 14.9. The third kappa shape index (κ3) is 3.22. The molecule has 8 heteroatoms. The minimum atomic E-state index is -3.38. The van der Waals surface area contributed by atoms with E-state index in [4.69, 9.17) is 4.74 Å². The Morgan fingerprint density at radius 1 is 1.33 bits per heavy atom. The second-order valence-corrected chi connectivity index (χ2v) is 8.39. The molecule has 1 aromatic heterocycles. The number of piperidine rings is 3. The smallest absolute Gasteiger partial charge is 0.265 e. The molecule has 1 atom stereocenters. The Kier molecular flexibility index (Phi) is 4.46. The molecule has 4 heterocycles. The number of rotatable bonds is 6. The van der Waals surface area contributed by atoms with E-state index >= 15 is 0 Å². The van der Waals surface area contributed by atoms with Gasteiger partial charge in [-0.1, -0.05) is 13.3 Å². The van der Waals surface area contributed by atoms with Crippen LogP contribution in [0.5, 0.6) is 5.88 Å². The lowest BCUT2D eigenvalue weighted by atomic mass is 9.86. The summed E-state index contributed by atoms with van der Waals surface area (Å²) < 4.78 is 38.6. The summed E-state index contributed by atoms with van der Waals surface area (Å²) in [6, 6.07) is 0. The van der Waals surface area contributed by atoms with Crippen LogP contribution in [0.15, 0.2) is 5.03 Å². The molecule has 2 bridgehead atoms. The largest absolute Gasteiger partial charge is 0.470 e. The first kappa shape index (κ1) is 15.2. The molecule has 0 saturated carbocycles. The lowest BCUT2D eigenvalue weighted by Gasteiger charge is -2.43. The molecule has 0 amide bonds. The van der Waals surface area contributed by atoms with Crippen molar-refractivity contribution in [1.29, 1.82) is 0 Å². The third-order valence-corrected chi connectivity index (χ3v) is 6.66. The molecule has 3 aliphatic rings. The van der Waals surface area contributed by atoms with Crippen molar-refractivity contribution >= 4 is 21.6 Å². The summed E-state index contributed by atoms with van der Waals surface area (Å²) in [5.41, 5.74) is 0. The maximum atomic E-state index is 12.3. The normalized spacial score (nSPS) is 28.7. The number of ether oxygens (including phenoxy) is 1. The zero-order valence-corrected chi connectivity index (χ0v) is 13.8. The standard InChI is InChI=1S/C13H21N3O3S2/c1-2-3-8-21(17,18)13-12(14-20-15-13)19-11-9-16-6-4-10(11)5-7-16/h10-11H,2-9H2,1H3. The second kappa shape index (κ2) is 6.18. The van der Waals surface area contributed by atoms with E-state index in [-0.39, 0.29) is 22.8 Å². The molecule has 0 radical (unpaired) electrons. The summed E-state index contributed by atoms with van der Waals surface area (Å²) in [6.45, 7) is 5.10. The van der Waals surface area contributed by atoms with Crippen LogP contribution in [-0.4, -0.2) is 53.6 Å². The van der Waals surface area contributed by atoms with Crippen molar-refractivity contribution in [2.24, 2.45) is 5.92 Å². The van der Waals surface area contributed by atoms with Gasteiger partial charge in [-0.25, -0.2) is 8.42 Å². The van der Waals surface area contributed by atoms with Gasteiger partial charge in [0, 0.05) is 6.54 Å². The highest BCUT2D eigenvalue weighted by molar-refractivity contribution is 7.91. The molecule has 3 saturated heterocycles. The highest BCUT2D eigenvalue weighted by Crippen LogP contribution is 2.32. The monoisotopic (exact) mass is 331 g/mol. The first-order chi connectivity index (χ1) is 10.1. The maximum absolute atomic E-state index is 12.3. The van der Waals surface area contributed by atoms with Gasteiger partial charge in [-0.3, -0.25) is 4.90 Å². The Morgan fingerprint density at radius 2 is 2.10 bits per heavy atom. The topological polar surface area (TPSA) is 72.4 Å². The molecule has 1 aromatic rings. The van der Waals surface area contributed by atoms with Crippen molar-refractivity contribution in [2.45, 2.75) is 43.7 Å². The minimum absolute atomic E-state index is 0.0393. The summed E-state index contributed by atoms with van der Waals surface area (Å²) >= 11 is 0.917. The molecule has 21 heavy (non-hydrogen) atoms. The average Bonchev–Trinajstić information content (AvgIpc) is 2.95. The summed E-state index contributed by atoms with van der Waals surface area (Å²) in [5.74, 6) is 0.851. The fourth-order valence-electron chi connectivity index (χ4n) is 3.05. The number of hydrogen-bond acceptors (Lipinski definition) is 7. The number of fused-ring (bicyclic) bond motifs is 3. The Bertz CT molecular complexity index is 579. The molecule has 0 spiro atoms. The number of nitrogens with zero attached hydrogens (tertiary/aromatic N) is 3. The Morgan fingerprint density at radius 3 is 2.71 bits per heavy atom. The van der Waals surface area contributed by atoms with E-state index in [9.17, 15) is 8.42 Å². The van der Waals surface area contributed by atoms with Crippen LogP contribution in [0.4, 0.5) is 0 Å². The van der Waals surface area contributed by atoms with E-state index in [0.717, 1.165) is 50.6 Å². The van der Waals surface area contributed by atoms with Crippen LogP contribution in [0, 0.1) is 5.92 Å². The number of hydrogen-bond donors (Lipinski definition) is 0. The van der Waals surface area contributed by atoms with Crippen molar-refractivity contribution in [2.75, 3.05) is 25.4 Å². The Balaban J connectivity index is 1.74. The second-order valence-electron chi connectivity index (χ2n) is 5.84. The van der Waals surface area contributed by atoms with Crippen LogP contribution in [0.1, 0.15) is 32.6 Å². The molecule has 4 rings (SSSR count). The molecule has 0 aliphatic carbocycles. The average molecular weight is 331 g/mol. The molecular weight excluding hydrogens is 310 g/mol. The van der Waals surface area contributed by atoms with Gasteiger partial charge in [-0.15, -0.1) is 4.37 Å². The molecule has 0 N–H and O–H groups in total. The fourth-order valence-corrected chi connectivity index (χ4v) is 5.28. The van der Waals surface area contributed by atoms with Crippen LogP contribution in [0.25, 0.3) is 0 Å². The molecule has 0 aromatic carbocycles. The molecular formula is C13H21N3O3S2. The minimum Gasteiger partial charge on any atom is -0.470 e. The first-order valence-corrected chi connectivity index (χ1v) is 9.92. The van der Waals surface area contributed by atoms with E-state index in [0.29, 0.717) is 12.3 Å². The molecule has 1 unspecified atom stereocenters. The summed E-state index contributed by atoms with van der Waals surface area (Å²) in [6.07, 6.45) is 3.78. The van der Waals surface area contributed by atoms with Gasteiger partial charge < -0.3 is 4.74 Å². The Hall–Kier alpha value is -0.730. The molecule has 3 aliphatic heterocycles. The quantitative estimate of drug-likeness (QED) is 0.788. The van der Waals surface area contributed by atoms with Gasteiger partial charge in [0.15, 0.2) is 0 Å². The lowest BCUT2D eigenvalue weighted by Crippen LogP contribution is -2.52. The predicted octanol–water partition coefficient (Wildman–Crippen LogP) is 1.58. The number of unbranched alkanes of at least 4 members (excludes halogenated alkanes) is 1. The SMILES string of the molecule is CCCCS(=O)(=O)c1nsnc1OC1CN2CCC1CC2. The predicted molar refractivity (Wildman–Crippen MR) is 80.4 cm³/mol. The maximum Gasteiger partial charge on any atom is 0.265 e. The number of sulfone groups is 1. The van der Waals surface area contributed by atoms with Gasteiger partial charge >= 0.3 is 0 Å². The van der Waals surface area contributed by atoms with E-state index < -0.39 is 9.84 Å². The fraction of sp³-hybridized carbons (Fsp3) is 0.846. The van der Waals surface area contributed by atoms with Crippen LogP contribution in [0.2, 0.25) is 0 Å². The van der Waals surface area contributed by atoms with Crippen LogP contribution in [-0.2, 0) is 9.84 Å². The van der Waals surface area contributed by atoms with Gasteiger partial charge in [0.1, 0.15) is 6.10 Å². The van der Waals surface area contributed by atoms with Crippen LogP contribution >= 0.6 is 11.7 Å². The van der Waals surface area contributed by atoms with Gasteiger partial charge in [-0.05, 0) is 38.3 Å². The zero-order valence-electron chi connectivity index (χ0n) is 12.2. The third-order valence-electron chi connectivity index (χ3n) is 4.35. The van der Waals surface area contributed by atoms with Crippen molar-refractivity contribution in [1.82, 2.24) is 13.6 Å². The summed E-state index contributed by atoms with van der Waals surface area (Å²) in [5, 5.41) is 0.0393. The van der Waals surface area contributed by atoms with Crippen molar-refractivity contribution < 1.29 is 13.2 Å². The Labute approximate surface area is 129 Å². The van der Waals surface area contributed by atoms with Crippen molar-refractivity contribution in [3.05, 3.63) is 0 Å². The van der Waals surface area contributed by atoms with Gasteiger partial charge in [0.05, 0.1) is 17.5 Å². The molecule has 6 nitrogen and oxygen atoms in total. The van der Waals surface area contributed by atoms with Gasteiger partial charge in [0.2, 0.25) is 14.9 Å². The van der Waals surface area contributed by atoms with Crippen molar-refractivity contribution in [3.8, 4) is 5.88 Å². The van der Waals surface area contributed by atoms with E-state index in [2.05, 4.69) is 13.6 Å². The van der Waals surface area contributed by atoms with Crippen LogP contribution in [0.3, 0.4) is 0 Å². The summed E-state index contributed by atoms with van der Waals surface area (Å²) in [7, 11) is -3.38. The van der Waals surface area contributed by atoms with Crippen LogP contribution < -0.4 is 4.74 Å². The molecule has 3 fully saturated rings. The van der Waals surface area contributed by atoms with E-state index in [1.54, 1.807) is 0 Å². The first-order valence-electron chi connectivity index (χ1n) is 7.54. The lowest BCUT2D eigenvalue weighted by molar-refractivity contribution is -0.0111. The van der Waals surface area contributed by atoms with E-state index in [1.807, 2.05) is 6.92 Å². The van der Waals surface area contributed by atoms with E-state index in [1.165, 1.54) is 0 Å². The highest BCUT2D eigenvalue weighted by atomic mass is 32.2. The van der Waals surface area contributed by atoms with Gasteiger partial charge in [0.25, 0.3) is 5.88 Å². The summed E-state index contributed by atoms with van der Waals surface area (Å²) in [4.78, 5) is 2.37. The highest BCUT2D eigenvalue weighted by Gasteiger charge is 2.37.